The van der Waals surface area contributed by atoms with Crippen LogP contribution < -0.4 is 5.32 Å². The van der Waals surface area contributed by atoms with Gasteiger partial charge in [-0.05, 0) is 32.0 Å². The molecule has 0 aliphatic carbocycles. The fraction of sp³-hybridized carbons (Fsp3) is 0.429. The van der Waals surface area contributed by atoms with Crippen LogP contribution in [-0.2, 0) is 19.6 Å². The highest BCUT2D eigenvalue weighted by molar-refractivity contribution is 7.90. The zero-order chi connectivity index (χ0) is 17.0. The second-order valence-corrected chi connectivity index (χ2v) is 7.06. The Bertz CT molecular complexity index is 666. The van der Waals surface area contributed by atoms with Gasteiger partial charge in [-0.3, -0.25) is 0 Å². The monoisotopic (exact) mass is 327 g/mol. The van der Waals surface area contributed by atoms with Crippen molar-refractivity contribution < 1.29 is 17.9 Å². The second kappa shape index (κ2) is 6.78. The topological polar surface area (TPSA) is 88.1 Å². The van der Waals surface area contributed by atoms with Crippen LogP contribution in [-0.4, -0.2) is 52.4 Å². The molecule has 1 rings (SSSR count). The molecule has 1 aromatic carbocycles. The predicted octanol–water partition coefficient (Wildman–Crippen LogP) is 1.33. The average Bonchev–Trinajstić information content (AvgIpc) is 2.44. The van der Waals surface area contributed by atoms with Gasteiger partial charge in [-0.1, -0.05) is 6.07 Å². The van der Waals surface area contributed by atoms with E-state index in [0.717, 1.165) is 0 Å². The number of rotatable bonds is 6. The van der Waals surface area contributed by atoms with Crippen molar-refractivity contribution in [2.45, 2.75) is 24.3 Å². The van der Waals surface area contributed by atoms with Gasteiger partial charge in [0.1, 0.15) is 11.9 Å². The molecule has 7 nitrogen and oxygen atoms in total. The average molecular weight is 327 g/mol. The van der Waals surface area contributed by atoms with E-state index in [4.69, 9.17) is 4.74 Å². The summed E-state index contributed by atoms with van der Waals surface area (Å²) in [5.41, 5.74) is -0.499. The Kier molecular flexibility index (Phi) is 5.54. The van der Waals surface area contributed by atoms with E-state index in [1.165, 1.54) is 30.5 Å². The van der Waals surface area contributed by atoms with Crippen LogP contribution in [0.2, 0.25) is 0 Å². The van der Waals surface area contributed by atoms with Crippen molar-refractivity contribution in [2.75, 3.05) is 26.5 Å². The standard InChI is InChI=1S/C14H21N3O4S/c1-14(2,13(18)21-5)16-11-7-6-8-12(9-11)22(19,20)15-10-17(3)4/h6-10,16H,1-5H3/b15-10+. The number of nitrogens with zero attached hydrogens (tertiary/aromatic N) is 2. The number of hydrogen-bond acceptors (Lipinski definition) is 5. The van der Waals surface area contributed by atoms with Crippen molar-refractivity contribution in [1.29, 1.82) is 0 Å². The molecule has 0 spiro atoms. The quantitative estimate of drug-likeness (QED) is 0.482. The van der Waals surface area contributed by atoms with Crippen molar-refractivity contribution in [2.24, 2.45) is 4.40 Å². The molecule has 0 radical (unpaired) electrons. The van der Waals surface area contributed by atoms with Crippen molar-refractivity contribution in [1.82, 2.24) is 4.90 Å². The molecule has 0 unspecified atom stereocenters. The van der Waals surface area contributed by atoms with Gasteiger partial charge in [-0.15, -0.1) is 4.40 Å². The molecule has 0 aliphatic rings. The first-order valence-corrected chi connectivity index (χ1v) is 7.96. The molecule has 0 saturated heterocycles. The van der Waals surface area contributed by atoms with E-state index in [1.807, 2.05) is 0 Å². The Balaban J connectivity index is 3.08. The van der Waals surface area contributed by atoms with E-state index in [0.29, 0.717) is 5.69 Å². The summed E-state index contributed by atoms with van der Waals surface area (Å²) in [5.74, 6) is -0.452. The van der Waals surface area contributed by atoms with Gasteiger partial charge in [0.2, 0.25) is 0 Å². The summed E-state index contributed by atoms with van der Waals surface area (Å²) >= 11 is 0. The number of carbonyl (C=O) groups is 1. The molecule has 1 aromatic rings. The van der Waals surface area contributed by atoms with Crippen LogP contribution in [0.25, 0.3) is 0 Å². The number of anilines is 1. The zero-order valence-corrected chi connectivity index (χ0v) is 14.1. The molecule has 0 heterocycles. The summed E-state index contributed by atoms with van der Waals surface area (Å²) < 4.78 is 32.5. The molecule has 22 heavy (non-hydrogen) atoms. The van der Waals surface area contributed by atoms with Gasteiger partial charge in [0.15, 0.2) is 0 Å². The molecule has 0 aliphatic heterocycles. The molecule has 8 heteroatoms. The predicted molar refractivity (Wildman–Crippen MR) is 85.5 cm³/mol. The Labute approximate surface area is 131 Å². The first-order valence-electron chi connectivity index (χ1n) is 6.52. The van der Waals surface area contributed by atoms with E-state index in [-0.39, 0.29) is 4.90 Å². The normalized spacial score (nSPS) is 12.2. The zero-order valence-electron chi connectivity index (χ0n) is 13.3. The third kappa shape index (κ3) is 4.73. The first-order chi connectivity index (χ1) is 10.1. The van der Waals surface area contributed by atoms with Crippen LogP contribution in [0.3, 0.4) is 0 Å². The molecular weight excluding hydrogens is 306 g/mol. The smallest absolute Gasteiger partial charge is 0.330 e. The van der Waals surface area contributed by atoms with E-state index in [9.17, 15) is 13.2 Å². The number of ether oxygens (including phenoxy) is 1. The van der Waals surface area contributed by atoms with Crippen molar-refractivity contribution in [3.63, 3.8) is 0 Å². The third-order valence-corrected chi connectivity index (χ3v) is 3.92. The molecule has 0 fully saturated rings. The van der Waals surface area contributed by atoms with Gasteiger partial charge in [0.25, 0.3) is 10.0 Å². The number of carbonyl (C=O) groups excluding carboxylic acids is 1. The molecule has 0 amide bonds. The molecule has 1 N–H and O–H groups in total. The number of esters is 1. The highest BCUT2D eigenvalue weighted by Gasteiger charge is 2.28. The number of methoxy groups -OCH3 is 1. The highest BCUT2D eigenvalue weighted by atomic mass is 32.2. The number of benzene rings is 1. The lowest BCUT2D eigenvalue weighted by molar-refractivity contribution is -0.144. The van der Waals surface area contributed by atoms with Crippen LogP contribution in [0, 0.1) is 0 Å². The minimum atomic E-state index is -3.79. The molecule has 0 aromatic heterocycles. The first kappa shape index (κ1) is 18.0. The lowest BCUT2D eigenvalue weighted by atomic mass is 10.1. The molecule has 0 bridgehead atoms. The maximum absolute atomic E-state index is 12.1. The van der Waals surface area contributed by atoms with Crippen LogP contribution in [0.1, 0.15) is 13.8 Å². The summed E-state index contributed by atoms with van der Waals surface area (Å²) in [6.07, 6.45) is 1.22. The maximum atomic E-state index is 12.1. The highest BCUT2D eigenvalue weighted by Crippen LogP contribution is 2.21. The summed E-state index contributed by atoms with van der Waals surface area (Å²) in [6, 6.07) is 6.11. The van der Waals surface area contributed by atoms with Gasteiger partial charge < -0.3 is 15.0 Å². The third-order valence-electron chi connectivity index (χ3n) is 2.70. The van der Waals surface area contributed by atoms with Gasteiger partial charge >= 0.3 is 5.97 Å². The van der Waals surface area contributed by atoms with E-state index in [2.05, 4.69) is 9.71 Å². The van der Waals surface area contributed by atoms with Crippen molar-refractivity contribution in [3.8, 4) is 0 Å². The SMILES string of the molecule is COC(=O)C(C)(C)Nc1cccc(S(=O)(=O)/N=C/N(C)C)c1. The molecule has 122 valence electrons. The Hall–Kier alpha value is -2.09. The summed E-state index contributed by atoms with van der Waals surface area (Å²) in [6.45, 7) is 3.29. The fourth-order valence-corrected chi connectivity index (χ4v) is 2.58. The van der Waals surface area contributed by atoms with Gasteiger partial charge in [-0.25, -0.2) is 4.79 Å². The summed E-state index contributed by atoms with van der Waals surface area (Å²) in [7, 11) is 0.860. The molecule has 0 atom stereocenters. The summed E-state index contributed by atoms with van der Waals surface area (Å²) in [4.78, 5) is 13.2. The van der Waals surface area contributed by atoms with Gasteiger partial charge in [0, 0.05) is 19.8 Å². The minimum absolute atomic E-state index is 0.0382. The van der Waals surface area contributed by atoms with Gasteiger partial charge in [-0.2, -0.15) is 8.42 Å². The molecule has 0 saturated carbocycles. The van der Waals surface area contributed by atoms with Crippen LogP contribution >= 0.6 is 0 Å². The fourth-order valence-electron chi connectivity index (χ4n) is 1.62. The number of hydrogen-bond donors (Lipinski definition) is 1. The number of nitrogens with one attached hydrogen (secondary N) is 1. The molecular formula is C14H21N3O4S. The lowest BCUT2D eigenvalue weighted by Gasteiger charge is -2.24. The second-order valence-electron chi connectivity index (χ2n) is 5.43. The lowest BCUT2D eigenvalue weighted by Crippen LogP contribution is -2.41. The van der Waals surface area contributed by atoms with Crippen LogP contribution in [0.4, 0.5) is 5.69 Å². The van der Waals surface area contributed by atoms with Crippen LogP contribution in [0.5, 0.6) is 0 Å². The van der Waals surface area contributed by atoms with E-state index in [1.54, 1.807) is 40.1 Å². The van der Waals surface area contributed by atoms with Crippen molar-refractivity contribution in [3.05, 3.63) is 24.3 Å². The minimum Gasteiger partial charge on any atom is -0.467 e. The van der Waals surface area contributed by atoms with Crippen molar-refractivity contribution >= 4 is 28.0 Å². The maximum Gasteiger partial charge on any atom is 0.330 e. The Morgan fingerprint density at radius 3 is 2.55 bits per heavy atom. The van der Waals surface area contributed by atoms with Crippen LogP contribution in [0.15, 0.2) is 33.6 Å². The van der Waals surface area contributed by atoms with E-state index >= 15 is 0 Å². The van der Waals surface area contributed by atoms with E-state index < -0.39 is 21.5 Å². The van der Waals surface area contributed by atoms with Gasteiger partial charge in [0.05, 0.1) is 12.0 Å². The largest absolute Gasteiger partial charge is 0.467 e. The Morgan fingerprint density at radius 1 is 1.36 bits per heavy atom. The Morgan fingerprint density at radius 2 is 2.00 bits per heavy atom. The number of sulfonamides is 1. The summed E-state index contributed by atoms with van der Waals surface area (Å²) in [5, 5.41) is 2.95.